The van der Waals surface area contributed by atoms with Crippen molar-refractivity contribution >= 4 is 11.8 Å². The van der Waals surface area contributed by atoms with Gasteiger partial charge in [0.2, 0.25) is 0 Å². The minimum Gasteiger partial charge on any atom is -0.389 e. The Kier molecular flexibility index (Phi) is 4.26. The molecule has 0 fully saturated rings. The SMILES string of the molecule is C[C@H](O)c1ccc(Sc2nnc3n2CCCCC3)c(F)c1. The molecule has 0 amide bonds. The van der Waals surface area contributed by atoms with E-state index in [2.05, 4.69) is 14.8 Å². The Morgan fingerprint density at radius 2 is 2.14 bits per heavy atom. The Balaban J connectivity index is 1.85. The summed E-state index contributed by atoms with van der Waals surface area (Å²) in [6.07, 6.45) is 3.73. The molecule has 4 nitrogen and oxygen atoms in total. The summed E-state index contributed by atoms with van der Waals surface area (Å²) >= 11 is 1.30. The Hall–Kier alpha value is -1.40. The highest BCUT2D eigenvalue weighted by atomic mass is 32.2. The summed E-state index contributed by atoms with van der Waals surface area (Å²) in [6, 6.07) is 4.82. The molecule has 1 aromatic heterocycles. The molecule has 21 heavy (non-hydrogen) atoms. The molecule has 6 heteroatoms. The van der Waals surface area contributed by atoms with Gasteiger partial charge in [-0.05, 0) is 49.2 Å². The van der Waals surface area contributed by atoms with Crippen LogP contribution in [0.5, 0.6) is 0 Å². The van der Waals surface area contributed by atoms with E-state index in [-0.39, 0.29) is 5.82 Å². The molecular weight excluding hydrogens is 289 g/mol. The zero-order valence-corrected chi connectivity index (χ0v) is 12.7. The van der Waals surface area contributed by atoms with E-state index in [0.29, 0.717) is 10.5 Å². The van der Waals surface area contributed by atoms with Crippen LogP contribution >= 0.6 is 11.8 Å². The van der Waals surface area contributed by atoms with Crippen LogP contribution < -0.4 is 0 Å². The van der Waals surface area contributed by atoms with Crippen LogP contribution in [0, 0.1) is 5.82 Å². The second-order valence-electron chi connectivity index (χ2n) is 5.33. The van der Waals surface area contributed by atoms with Crippen molar-refractivity contribution in [3.8, 4) is 0 Å². The molecule has 0 saturated carbocycles. The van der Waals surface area contributed by atoms with E-state index in [1.165, 1.54) is 24.2 Å². The molecule has 0 bridgehead atoms. The average Bonchev–Trinajstić information content (AvgIpc) is 2.69. The monoisotopic (exact) mass is 307 g/mol. The smallest absolute Gasteiger partial charge is 0.196 e. The predicted molar refractivity (Wildman–Crippen MR) is 78.7 cm³/mol. The average molecular weight is 307 g/mol. The maximum atomic E-state index is 14.1. The Morgan fingerprint density at radius 1 is 1.29 bits per heavy atom. The molecule has 3 rings (SSSR count). The standard InChI is InChI=1S/C15H18FN3OS/c1-10(20)11-6-7-13(12(16)9-11)21-15-18-17-14-5-3-2-4-8-19(14)15/h6-7,9-10,20H,2-5,8H2,1H3/t10-/m0/s1. The predicted octanol–water partition coefficient (Wildman–Crippen LogP) is 3.35. The van der Waals surface area contributed by atoms with E-state index in [1.54, 1.807) is 19.1 Å². The van der Waals surface area contributed by atoms with E-state index in [1.807, 2.05) is 0 Å². The number of hydrogen-bond acceptors (Lipinski definition) is 4. The molecular formula is C15H18FN3OS. The van der Waals surface area contributed by atoms with Crippen LogP contribution in [0.15, 0.2) is 28.3 Å². The first-order valence-electron chi connectivity index (χ1n) is 7.22. The molecule has 1 N–H and O–H groups in total. The fourth-order valence-electron chi connectivity index (χ4n) is 2.49. The molecule has 1 atom stereocenters. The van der Waals surface area contributed by atoms with Crippen molar-refractivity contribution in [2.24, 2.45) is 0 Å². The van der Waals surface area contributed by atoms with Crippen LogP contribution in [0.25, 0.3) is 0 Å². The van der Waals surface area contributed by atoms with E-state index < -0.39 is 6.10 Å². The number of benzene rings is 1. The Labute approximate surface area is 127 Å². The van der Waals surface area contributed by atoms with Gasteiger partial charge in [-0.2, -0.15) is 0 Å². The largest absolute Gasteiger partial charge is 0.389 e. The van der Waals surface area contributed by atoms with E-state index >= 15 is 0 Å². The number of aromatic nitrogens is 3. The highest BCUT2D eigenvalue weighted by molar-refractivity contribution is 7.99. The Bertz CT molecular complexity index is 642. The van der Waals surface area contributed by atoms with Gasteiger partial charge < -0.3 is 9.67 Å². The third-order valence-corrected chi connectivity index (χ3v) is 4.75. The van der Waals surface area contributed by atoms with Crippen LogP contribution in [0.3, 0.4) is 0 Å². The molecule has 112 valence electrons. The minimum atomic E-state index is -0.664. The lowest BCUT2D eigenvalue weighted by molar-refractivity contribution is 0.198. The molecule has 2 heterocycles. The fourth-order valence-corrected chi connectivity index (χ4v) is 3.37. The number of aryl methyl sites for hydroxylation is 1. The summed E-state index contributed by atoms with van der Waals surface area (Å²) in [5, 5.41) is 18.6. The van der Waals surface area contributed by atoms with E-state index in [9.17, 15) is 9.50 Å². The number of hydrogen-bond donors (Lipinski definition) is 1. The van der Waals surface area contributed by atoms with Gasteiger partial charge in [0.25, 0.3) is 0 Å². The van der Waals surface area contributed by atoms with Gasteiger partial charge in [0.15, 0.2) is 5.16 Å². The van der Waals surface area contributed by atoms with Crippen molar-refractivity contribution < 1.29 is 9.50 Å². The van der Waals surface area contributed by atoms with Gasteiger partial charge in [-0.3, -0.25) is 0 Å². The number of nitrogens with zero attached hydrogens (tertiary/aromatic N) is 3. The molecule has 1 aromatic carbocycles. The van der Waals surface area contributed by atoms with Gasteiger partial charge in [-0.1, -0.05) is 12.5 Å². The van der Waals surface area contributed by atoms with Gasteiger partial charge in [0.1, 0.15) is 11.6 Å². The van der Waals surface area contributed by atoms with Crippen LogP contribution in [0.1, 0.15) is 43.7 Å². The zero-order valence-electron chi connectivity index (χ0n) is 11.9. The van der Waals surface area contributed by atoms with Crippen molar-refractivity contribution in [3.63, 3.8) is 0 Å². The molecule has 1 aliphatic heterocycles. The third-order valence-electron chi connectivity index (χ3n) is 3.72. The summed E-state index contributed by atoms with van der Waals surface area (Å²) < 4.78 is 16.2. The lowest BCUT2D eigenvalue weighted by Crippen LogP contribution is -2.02. The van der Waals surface area contributed by atoms with Gasteiger partial charge in [0.05, 0.1) is 11.0 Å². The van der Waals surface area contributed by atoms with Crippen molar-refractivity contribution in [3.05, 3.63) is 35.4 Å². The highest BCUT2D eigenvalue weighted by Gasteiger charge is 2.17. The maximum Gasteiger partial charge on any atom is 0.196 e. The first-order chi connectivity index (χ1) is 10.1. The van der Waals surface area contributed by atoms with Gasteiger partial charge >= 0.3 is 0 Å². The molecule has 0 spiro atoms. The molecule has 1 aliphatic rings. The zero-order chi connectivity index (χ0) is 14.8. The van der Waals surface area contributed by atoms with Crippen molar-refractivity contribution in [2.45, 2.75) is 55.3 Å². The first-order valence-corrected chi connectivity index (χ1v) is 8.04. The summed E-state index contributed by atoms with van der Waals surface area (Å²) in [5.41, 5.74) is 0.580. The van der Waals surface area contributed by atoms with Crippen molar-refractivity contribution in [1.29, 1.82) is 0 Å². The van der Waals surface area contributed by atoms with Gasteiger partial charge in [-0.25, -0.2) is 4.39 Å². The van der Waals surface area contributed by atoms with E-state index in [0.717, 1.165) is 36.8 Å². The van der Waals surface area contributed by atoms with Gasteiger partial charge in [0, 0.05) is 13.0 Å². The lowest BCUT2D eigenvalue weighted by Gasteiger charge is -2.09. The molecule has 0 unspecified atom stereocenters. The van der Waals surface area contributed by atoms with Crippen LogP contribution in [0.2, 0.25) is 0 Å². The summed E-state index contributed by atoms with van der Waals surface area (Å²) in [6.45, 7) is 2.53. The van der Waals surface area contributed by atoms with Crippen molar-refractivity contribution in [2.75, 3.05) is 0 Å². The lowest BCUT2D eigenvalue weighted by atomic mass is 10.1. The highest BCUT2D eigenvalue weighted by Crippen LogP contribution is 2.31. The fraction of sp³-hybridized carbons (Fsp3) is 0.467. The summed E-state index contributed by atoms with van der Waals surface area (Å²) in [5.74, 6) is 0.667. The van der Waals surface area contributed by atoms with Crippen LogP contribution in [-0.4, -0.2) is 19.9 Å². The number of rotatable bonds is 3. The topological polar surface area (TPSA) is 50.9 Å². The maximum absolute atomic E-state index is 14.1. The quantitative estimate of drug-likeness (QED) is 0.945. The molecule has 2 aromatic rings. The summed E-state index contributed by atoms with van der Waals surface area (Å²) in [7, 11) is 0. The second-order valence-corrected chi connectivity index (χ2v) is 6.34. The normalized spacial score (nSPS) is 16.3. The van der Waals surface area contributed by atoms with Crippen LogP contribution in [0.4, 0.5) is 4.39 Å². The number of halogens is 1. The van der Waals surface area contributed by atoms with E-state index in [4.69, 9.17) is 0 Å². The molecule has 0 saturated heterocycles. The molecule has 0 aliphatic carbocycles. The number of aliphatic hydroxyl groups excluding tert-OH is 1. The number of aliphatic hydroxyl groups is 1. The minimum absolute atomic E-state index is 0.329. The third kappa shape index (κ3) is 3.11. The molecule has 0 radical (unpaired) electrons. The summed E-state index contributed by atoms with van der Waals surface area (Å²) in [4.78, 5) is 0.513. The number of fused-ring (bicyclic) bond motifs is 1. The second kappa shape index (κ2) is 6.15. The van der Waals surface area contributed by atoms with Crippen LogP contribution in [-0.2, 0) is 13.0 Å². The van der Waals surface area contributed by atoms with Gasteiger partial charge in [-0.15, -0.1) is 10.2 Å². The first kappa shape index (κ1) is 14.5. The van der Waals surface area contributed by atoms with Crippen molar-refractivity contribution in [1.82, 2.24) is 14.8 Å². The Morgan fingerprint density at radius 3 is 2.90 bits per heavy atom.